The van der Waals surface area contributed by atoms with E-state index in [1.807, 2.05) is 6.07 Å². The van der Waals surface area contributed by atoms with Gasteiger partial charge < -0.3 is 14.4 Å². The number of halogens is 1. The summed E-state index contributed by atoms with van der Waals surface area (Å²) in [6, 6.07) is 6.19. The highest BCUT2D eigenvalue weighted by molar-refractivity contribution is 6.29. The molecular formula is C17H19ClN4O2. The summed E-state index contributed by atoms with van der Waals surface area (Å²) in [4.78, 5) is 13.1. The van der Waals surface area contributed by atoms with Crippen molar-refractivity contribution >= 4 is 17.4 Å². The summed E-state index contributed by atoms with van der Waals surface area (Å²) in [6.45, 7) is 5.27. The van der Waals surface area contributed by atoms with E-state index in [1.165, 1.54) is 5.56 Å². The third-order valence-corrected chi connectivity index (χ3v) is 4.62. The van der Waals surface area contributed by atoms with Gasteiger partial charge in [-0.05, 0) is 24.1 Å². The fourth-order valence-corrected chi connectivity index (χ4v) is 3.21. The number of anilines is 1. The fourth-order valence-electron chi connectivity index (χ4n) is 3.07. The molecule has 0 atom stereocenters. The van der Waals surface area contributed by atoms with Crippen LogP contribution in [-0.4, -0.2) is 54.4 Å². The number of ether oxygens (including phenoxy) is 2. The van der Waals surface area contributed by atoms with Crippen LogP contribution in [0.25, 0.3) is 0 Å². The maximum Gasteiger partial charge on any atom is 0.231 e. The minimum Gasteiger partial charge on any atom is -0.454 e. The molecule has 1 fully saturated rings. The Bertz CT molecular complexity index is 719. The lowest BCUT2D eigenvalue weighted by Gasteiger charge is -2.35. The molecular weight excluding hydrogens is 328 g/mol. The molecule has 0 radical (unpaired) electrons. The third-order valence-electron chi connectivity index (χ3n) is 4.44. The third kappa shape index (κ3) is 3.39. The second-order valence-electron chi connectivity index (χ2n) is 5.97. The molecule has 6 nitrogen and oxygen atoms in total. The van der Waals surface area contributed by atoms with Crippen LogP contribution in [0.1, 0.15) is 5.56 Å². The summed E-state index contributed by atoms with van der Waals surface area (Å²) in [5.41, 5.74) is 1.28. The van der Waals surface area contributed by atoms with Crippen molar-refractivity contribution in [1.82, 2.24) is 14.9 Å². The van der Waals surface area contributed by atoms with Crippen LogP contribution >= 0.6 is 11.6 Å². The van der Waals surface area contributed by atoms with Crippen molar-refractivity contribution in [2.75, 3.05) is 44.4 Å². The van der Waals surface area contributed by atoms with Gasteiger partial charge in [-0.15, -0.1) is 0 Å². The van der Waals surface area contributed by atoms with Crippen molar-refractivity contribution in [3.05, 3.63) is 41.3 Å². The topological polar surface area (TPSA) is 50.7 Å². The lowest BCUT2D eigenvalue weighted by Crippen LogP contribution is -2.47. The zero-order valence-corrected chi connectivity index (χ0v) is 14.1. The Labute approximate surface area is 146 Å². The van der Waals surface area contributed by atoms with E-state index in [0.717, 1.165) is 56.5 Å². The van der Waals surface area contributed by atoms with Crippen molar-refractivity contribution in [2.45, 2.75) is 6.42 Å². The molecule has 1 aromatic carbocycles. The van der Waals surface area contributed by atoms with Crippen molar-refractivity contribution in [1.29, 1.82) is 0 Å². The van der Waals surface area contributed by atoms with Gasteiger partial charge in [-0.2, -0.15) is 0 Å². The molecule has 1 saturated heterocycles. The first-order valence-corrected chi connectivity index (χ1v) is 8.49. The average molecular weight is 347 g/mol. The number of hydrogen-bond donors (Lipinski definition) is 0. The number of hydrogen-bond acceptors (Lipinski definition) is 6. The summed E-state index contributed by atoms with van der Waals surface area (Å²) >= 11 is 5.92. The molecule has 24 heavy (non-hydrogen) atoms. The number of nitrogens with zero attached hydrogens (tertiary/aromatic N) is 4. The van der Waals surface area contributed by atoms with Gasteiger partial charge >= 0.3 is 0 Å². The molecule has 0 N–H and O–H groups in total. The molecule has 7 heteroatoms. The van der Waals surface area contributed by atoms with Gasteiger partial charge in [-0.3, -0.25) is 9.88 Å². The standard InChI is InChI=1S/C17H19ClN4O2/c18-16-10-19-11-17(20-16)22-7-5-21(6-8-22)4-3-13-1-2-14-15(9-13)24-12-23-14/h1-2,9-11H,3-8,12H2. The van der Waals surface area contributed by atoms with Crippen molar-refractivity contribution < 1.29 is 9.47 Å². The van der Waals surface area contributed by atoms with Crippen molar-refractivity contribution in [3.63, 3.8) is 0 Å². The minimum absolute atomic E-state index is 0.327. The van der Waals surface area contributed by atoms with Gasteiger partial charge in [0.2, 0.25) is 6.79 Å². The van der Waals surface area contributed by atoms with Crippen LogP contribution in [0.5, 0.6) is 11.5 Å². The van der Waals surface area contributed by atoms with E-state index in [-0.39, 0.29) is 0 Å². The first kappa shape index (κ1) is 15.5. The molecule has 1 aromatic heterocycles. The zero-order chi connectivity index (χ0) is 16.4. The van der Waals surface area contributed by atoms with E-state index in [4.69, 9.17) is 21.1 Å². The number of aromatic nitrogens is 2. The first-order valence-electron chi connectivity index (χ1n) is 8.11. The van der Waals surface area contributed by atoms with Gasteiger partial charge in [-0.25, -0.2) is 4.98 Å². The lowest BCUT2D eigenvalue weighted by molar-refractivity contribution is 0.174. The monoisotopic (exact) mass is 346 g/mol. The van der Waals surface area contributed by atoms with Gasteiger partial charge in [0.15, 0.2) is 11.5 Å². The maximum absolute atomic E-state index is 5.92. The number of piperazine rings is 1. The van der Waals surface area contributed by atoms with Crippen LogP contribution in [-0.2, 0) is 6.42 Å². The Morgan fingerprint density at radius 1 is 1.04 bits per heavy atom. The van der Waals surface area contributed by atoms with Gasteiger partial charge in [0.05, 0.1) is 12.4 Å². The van der Waals surface area contributed by atoms with Crippen LogP contribution in [0.3, 0.4) is 0 Å². The lowest BCUT2D eigenvalue weighted by atomic mass is 10.1. The Balaban J connectivity index is 1.29. The van der Waals surface area contributed by atoms with Crippen LogP contribution in [0, 0.1) is 0 Å². The molecule has 0 saturated carbocycles. The van der Waals surface area contributed by atoms with Crippen LogP contribution in [0.2, 0.25) is 5.15 Å². The summed E-state index contributed by atoms with van der Waals surface area (Å²) < 4.78 is 10.8. The van der Waals surface area contributed by atoms with Gasteiger partial charge in [0.1, 0.15) is 11.0 Å². The first-order chi connectivity index (χ1) is 11.8. The smallest absolute Gasteiger partial charge is 0.231 e. The number of benzene rings is 1. The highest BCUT2D eigenvalue weighted by Crippen LogP contribution is 2.32. The quantitative estimate of drug-likeness (QED) is 0.846. The fraction of sp³-hybridized carbons (Fsp3) is 0.412. The molecule has 2 aliphatic rings. The second-order valence-corrected chi connectivity index (χ2v) is 6.35. The van der Waals surface area contributed by atoms with Crippen molar-refractivity contribution in [2.24, 2.45) is 0 Å². The minimum atomic E-state index is 0.327. The number of rotatable bonds is 4. The molecule has 0 aliphatic carbocycles. The van der Waals surface area contributed by atoms with Gasteiger partial charge in [-0.1, -0.05) is 17.7 Å². The molecule has 2 aromatic rings. The Morgan fingerprint density at radius 2 is 1.88 bits per heavy atom. The summed E-state index contributed by atoms with van der Waals surface area (Å²) in [6.07, 6.45) is 4.34. The van der Waals surface area contributed by atoms with E-state index >= 15 is 0 Å². The van der Waals surface area contributed by atoms with E-state index in [0.29, 0.717) is 11.9 Å². The second kappa shape index (κ2) is 6.83. The highest BCUT2D eigenvalue weighted by atomic mass is 35.5. The maximum atomic E-state index is 5.92. The van der Waals surface area contributed by atoms with Crippen LogP contribution in [0.4, 0.5) is 5.82 Å². The SMILES string of the molecule is Clc1cncc(N2CCN(CCc3ccc4c(c3)OCO4)CC2)n1. The van der Waals surface area contributed by atoms with Gasteiger partial charge in [0.25, 0.3) is 0 Å². The highest BCUT2D eigenvalue weighted by Gasteiger charge is 2.19. The molecule has 0 unspecified atom stereocenters. The van der Waals surface area contributed by atoms with Crippen LogP contribution < -0.4 is 14.4 Å². The molecule has 4 rings (SSSR count). The summed E-state index contributed by atoms with van der Waals surface area (Å²) in [5.74, 6) is 2.56. The molecule has 0 amide bonds. The average Bonchev–Trinajstić information content (AvgIpc) is 3.08. The van der Waals surface area contributed by atoms with E-state index < -0.39 is 0 Å². The Morgan fingerprint density at radius 3 is 2.71 bits per heavy atom. The molecule has 2 aliphatic heterocycles. The van der Waals surface area contributed by atoms with E-state index in [1.54, 1.807) is 12.4 Å². The molecule has 126 valence electrons. The van der Waals surface area contributed by atoms with Gasteiger partial charge in [0, 0.05) is 32.7 Å². The normalized spacial score (nSPS) is 17.3. The van der Waals surface area contributed by atoms with Crippen LogP contribution in [0.15, 0.2) is 30.6 Å². The summed E-state index contributed by atoms with van der Waals surface area (Å²) in [5, 5.41) is 0.442. The Kier molecular flexibility index (Phi) is 4.40. The molecule has 3 heterocycles. The predicted octanol–water partition coefficient (Wildman–Crippen LogP) is 2.22. The molecule has 0 bridgehead atoms. The molecule has 0 spiro atoms. The number of fused-ring (bicyclic) bond motifs is 1. The Hall–Kier alpha value is -2.05. The summed E-state index contributed by atoms with van der Waals surface area (Å²) in [7, 11) is 0. The van der Waals surface area contributed by atoms with E-state index in [2.05, 4.69) is 31.9 Å². The van der Waals surface area contributed by atoms with Crippen molar-refractivity contribution in [3.8, 4) is 11.5 Å². The van der Waals surface area contributed by atoms with E-state index in [9.17, 15) is 0 Å². The predicted molar refractivity (Wildman–Crippen MR) is 92.0 cm³/mol. The zero-order valence-electron chi connectivity index (χ0n) is 13.3. The largest absolute Gasteiger partial charge is 0.454 e.